The van der Waals surface area contributed by atoms with E-state index in [1.165, 1.54) is 24.3 Å². The zero-order valence-corrected chi connectivity index (χ0v) is 17.0. The Bertz CT molecular complexity index is 1100. The van der Waals surface area contributed by atoms with Gasteiger partial charge in [-0.15, -0.1) is 0 Å². The van der Waals surface area contributed by atoms with E-state index >= 15 is 0 Å². The van der Waals surface area contributed by atoms with Crippen molar-refractivity contribution < 1.29 is 24.0 Å². The number of nitro benzene ring substituents is 1. The van der Waals surface area contributed by atoms with Crippen molar-refractivity contribution in [2.45, 2.75) is 12.5 Å². The van der Waals surface area contributed by atoms with Gasteiger partial charge >= 0.3 is 5.97 Å². The van der Waals surface area contributed by atoms with Crippen LogP contribution in [0, 0.1) is 10.1 Å². The lowest BCUT2D eigenvalue weighted by atomic mass is 9.99. The van der Waals surface area contributed by atoms with Crippen LogP contribution < -0.4 is 5.32 Å². The van der Waals surface area contributed by atoms with E-state index in [2.05, 4.69) is 5.32 Å². The number of nitro groups is 1. The Balaban J connectivity index is 1.70. The standard InChI is InChI=1S/C24H20N2O6/c27-21(15-17-7-3-1-4-8-17)25-16-22(28)32-24(23(29)18-9-5-2-6-10-18)19-11-13-20(14-12-19)26(30)31/h1-14,24H,15-16H2,(H,25,27). The molecule has 0 spiro atoms. The highest BCUT2D eigenvalue weighted by atomic mass is 16.6. The van der Waals surface area contributed by atoms with Gasteiger partial charge in [0, 0.05) is 23.3 Å². The number of nitrogens with zero attached hydrogens (tertiary/aromatic N) is 1. The van der Waals surface area contributed by atoms with E-state index in [9.17, 15) is 24.5 Å². The van der Waals surface area contributed by atoms with Crippen LogP contribution in [0.4, 0.5) is 5.69 Å². The van der Waals surface area contributed by atoms with Gasteiger partial charge in [-0.25, -0.2) is 0 Å². The second-order valence-electron chi connectivity index (χ2n) is 6.89. The van der Waals surface area contributed by atoms with Crippen molar-refractivity contribution in [1.29, 1.82) is 0 Å². The fourth-order valence-electron chi connectivity index (χ4n) is 2.99. The highest BCUT2D eigenvalue weighted by Crippen LogP contribution is 2.25. The molecule has 0 radical (unpaired) electrons. The monoisotopic (exact) mass is 432 g/mol. The molecule has 3 aromatic rings. The molecule has 0 saturated heterocycles. The first kappa shape index (κ1) is 22.4. The van der Waals surface area contributed by atoms with Crippen LogP contribution in [0.5, 0.6) is 0 Å². The minimum atomic E-state index is -1.31. The van der Waals surface area contributed by atoms with Gasteiger partial charge in [0.05, 0.1) is 11.3 Å². The fourth-order valence-corrected chi connectivity index (χ4v) is 2.99. The highest BCUT2D eigenvalue weighted by molar-refractivity contribution is 6.01. The van der Waals surface area contributed by atoms with Crippen LogP contribution in [0.1, 0.15) is 27.6 Å². The second kappa shape index (κ2) is 10.6. The minimum absolute atomic E-state index is 0.100. The van der Waals surface area contributed by atoms with Crippen molar-refractivity contribution in [1.82, 2.24) is 5.32 Å². The first-order valence-electron chi connectivity index (χ1n) is 9.78. The fraction of sp³-hybridized carbons (Fsp3) is 0.125. The first-order valence-corrected chi connectivity index (χ1v) is 9.78. The summed E-state index contributed by atoms with van der Waals surface area (Å²) >= 11 is 0. The molecule has 1 atom stereocenters. The Morgan fingerprint density at radius 1 is 0.875 bits per heavy atom. The average Bonchev–Trinajstić information content (AvgIpc) is 2.82. The van der Waals surface area contributed by atoms with Gasteiger partial charge in [-0.2, -0.15) is 0 Å². The summed E-state index contributed by atoms with van der Waals surface area (Å²) in [4.78, 5) is 47.8. The van der Waals surface area contributed by atoms with Crippen LogP contribution in [-0.2, 0) is 20.7 Å². The summed E-state index contributed by atoms with van der Waals surface area (Å²) in [5.74, 6) is -1.66. The number of ether oxygens (including phenoxy) is 1. The lowest BCUT2D eigenvalue weighted by molar-refractivity contribution is -0.384. The Morgan fingerprint density at radius 3 is 2.06 bits per heavy atom. The molecule has 0 aliphatic heterocycles. The number of nitrogens with one attached hydrogen (secondary N) is 1. The number of hydrogen-bond acceptors (Lipinski definition) is 6. The maximum absolute atomic E-state index is 13.0. The Labute approximate surface area is 184 Å². The van der Waals surface area contributed by atoms with Crippen LogP contribution in [0.15, 0.2) is 84.9 Å². The Kier molecular flexibility index (Phi) is 7.42. The molecule has 0 heterocycles. The van der Waals surface area contributed by atoms with Crippen LogP contribution in [-0.4, -0.2) is 29.1 Å². The maximum atomic E-state index is 13.0. The van der Waals surface area contributed by atoms with Crippen molar-refractivity contribution in [3.63, 3.8) is 0 Å². The van der Waals surface area contributed by atoms with Crippen LogP contribution >= 0.6 is 0 Å². The van der Waals surface area contributed by atoms with Gasteiger partial charge in [0.1, 0.15) is 6.54 Å². The summed E-state index contributed by atoms with van der Waals surface area (Å²) < 4.78 is 5.38. The van der Waals surface area contributed by atoms with Crippen molar-refractivity contribution in [3.05, 3.63) is 112 Å². The number of benzene rings is 3. The number of Topliss-reactive ketones (excluding diaryl/α,β-unsaturated/α-hetero) is 1. The predicted octanol–water partition coefficient (Wildman–Crippen LogP) is 3.42. The molecule has 3 rings (SSSR count). The smallest absolute Gasteiger partial charge is 0.326 e. The quantitative estimate of drug-likeness (QED) is 0.240. The first-order chi connectivity index (χ1) is 15.4. The summed E-state index contributed by atoms with van der Waals surface area (Å²) in [6.45, 7) is -0.419. The second-order valence-corrected chi connectivity index (χ2v) is 6.89. The van der Waals surface area contributed by atoms with Crippen molar-refractivity contribution in [2.75, 3.05) is 6.54 Å². The molecule has 0 saturated carbocycles. The summed E-state index contributed by atoms with van der Waals surface area (Å²) in [5.41, 5.74) is 1.24. The number of esters is 1. The zero-order valence-electron chi connectivity index (χ0n) is 17.0. The molecule has 0 aliphatic rings. The van der Waals surface area contributed by atoms with E-state index < -0.39 is 29.3 Å². The molecule has 162 valence electrons. The molecular weight excluding hydrogens is 412 g/mol. The van der Waals surface area contributed by atoms with Crippen LogP contribution in [0.2, 0.25) is 0 Å². The Morgan fingerprint density at radius 2 is 1.47 bits per heavy atom. The third-order valence-electron chi connectivity index (χ3n) is 4.59. The molecule has 0 aliphatic carbocycles. The largest absolute Gasteiger partial charge is 0.448 e. The van der Waals surface area contributed by atoms with Gasteiger partial charge in [0.15, 0.2) is 6.10 Å². The zero-order chi connectivity index (χ0) is 22.9. The molecular formula is C24H20N2O6. The lowest BCUT2D eigenvalue weighted by Crippen LogP contribution is -2.33. The summed E-state index contributed by atoms with van der Waals surface area (Å²) in [7, 11) is 0. The molecule has 0 bridgehead atoms. The topological polar surface area (TPSA) is 116 Å². The summed E-state index contributed by atoms with van der Waals surface area (Å²) in [6, 6.07) is 22.5. The van der Waals surface area contributed by atoms with Crippen LogP contribution in [0.3, 0.4) is 0 Å². The SMILES string of the molecule is O=C(Cc1ccccc1)NCC(=O)OC(C(=O)c1ccccc1)c1ccc([N+](=O)[O-])cc1. The van der Waals surface area contributed by atoms with Gasteiger partial charge in [-0.3, -0.25) is 24.5 Å². The van der Waals surface area contributed by atoms with E-state index in [1.807, 2.05) is 6.07 Å². The summed E-state index contributed by atoms with van der Waals surface area (Å²) in [6.07, 6.45) is -1.21. The molecule has 1 amide bonds. The molecule has 1 unspecified atom stereocenters. The van der Waals surface area contributed by atoms with Gasteiger partial charge in [-0.1, -0.05) is 60.7 Å². The molecule has 3 aromatic carbocycles. The molecule has 0 fully saturated rings. The van der Waals surface area contributed by atoms with Gasteiger partial charge in [0.25, 0.3) is 5.69 Å². The lowest BCUT2D eigenvalue weighted by Gasteiger charge is -2.17. The van der Waals surface area contributed by atoms with E-state index in [-0.39, 0.29) is 23.6 Å². The molecule has 0 aromatic heterocycles. The highest BCUT2D eigenvalue weighted by Gasteiger charge is 2.27. The van der Waals surface area contributed by atoms with Crippen LogP contribution in [0.25, 0.3) is 0 Å². The average molecular weight is 432 g/mol. The third kappa shape index (κ3) is 6.09. The summed E-state index contributed by atoms with van der Waals surface area (Å²) in [5, 5.41) is 13.4. The number of non-ortho nitro benzene ring substituents is 1. The van der Waals surface area contributed by atoms with Gasteiger partial charge < -0.3 is 10.1 Å². The third-order valence-corrected chi connectivity index (χ3v) is 4.59. The number of carbonyl (C=O) groups excluding carboxylic acids is 3. The maximum Gasteiger partial charge on any atom is 0.326 e. The minimum Gasteiger partial charge on any atom is -0.448 e. The van der Waals surface area contributed by atoms with Crippen molar-refractivity contribution in [3.8, 4) is 0 Å². The van der Waals surface area contributed by atoms with Gasteiger partial charge in [-0.05, 0) is 17.7 Å². The van der Waals surface area contributed by atoms with Gasteiger partial charge in [0.2, 0.25) is 11.7 Å². The number of hydrogen-bond donors (Lipinski definition) is 1. The number of ketones is 1. The molecule has 8 nitrogen and oxygen atoms in total. The predicted molar refractivity (Wildman–Crippen MR) is 116 cm³/mol. The molecule has 32 heavy (non-hydrogen) atoms. The molecule has 1 N–H and O–H groups in total. The normalized spacial score (nSPS) is 11.2. The van der Waals surface area contributed by atoms with E-state index in [4.69, 9.17) is 4.74 Å². The number of amides is 1. The number of rotatable bonds is 9. The van der Waals surface area contributed by atoms with E-state index in [1.54, 1.807) is 54.6 Å². The van der Waals surface area contributed by atoms with E-state index in [0.717, 1.165) is 5.56 Å². The number of carbonyl (C=O) groups is 3. The Hall–Kier alpha value is -4.33. The molecule has 8 heteroatoms. The van der Waals surface area contributed by atoms with Crippen molar-refractivity contribution in [2.24, 2.45) is 0 Å². The van der Waals surface area contributed by atoms with Crippen molar-refractivity contribution >= 4 is 23.3 Å². The van der Waals surface area contributed by atoms with E-state index in [0.29, 0.717) is 5.56 Å².